The van der Waals surface area contributed by atoms with Crippen LogP contribution in [0.2, 0.25) is 0 Å². The molecule has 2 heterocycles. The highest BCUT2D eigenvalue weighted by atomic mass is 15.3. The summed E-state index contributed by atoms with van der Waals surface area (Å²) in [6.07, 6.45) is 7.86. The number of rotatable bonds is 5. The van der Waals surface area contributed by atoms with Gasteiger partial charge in [-0.2, -0.15) is 5.10 Å². The Hall–Kier alpha value is -1.61. The van der Waals surface area contributed by atoms with E-state index in [1.807, 2.05) is 6.20 Å². The lowest BCUT2D eigenvalue weighted by Gasteiger charge is -2.31. The SMILES string of the molecule is CCc1cnn(CC2CCN(Cc3ccccc3)CC2)c1. The van der Waals surface area contributed by atoms with Crippen molar-refractivity contribution in [2.45, 2.75) is 39.3 Å². The molecule has 112 valence electrons. The topological polar surface area (TPSA) is 21.1 Å². The van der Waals surface area contributed by atoms with Crippen molar-refractivity contribution in [2.75, 3.05) is 13.1 Å². The third kappa shape index (κ3) is 3.94. The molecule has 0 aliphatic carbocycles. The van der Waals surface area contributed by atoms with Crippen LogP contribution in [0.15, 0.2) is 42.7 Å². The Morgan fingerprint density at radius 2 is 1.86 bits per heavy atom. The van der Waals surface area contributed by atoms with Gasteiger partial charge in [-0.1, -0.05) is 37.3 Å². The van der Waals surface area contributed by atoms with E-state index in [4.69, 9.17) is 0 Å². The van der Waals surface area contributed by atoms with Crippen LogP contribution in [0.3, 0.4) is 0 Å². The molecule has 1 aliphatic heterocycles. The summed E-state index contributed by atoms with van der Waals surface area (Å²) in [7, 11) is 0. The van der Waals surface area contributed by atoms with Crippen LogP contribution in [0, 0.1) is 5.92 Å². The molecule has 0 bridgehead atoms. The summed E-state index contributed by atoms with van der Waals surface area (Å²) in [6.45, 7) is 6.78. The molecule has 0 amide bonds. The molecule has 3 rings (SSSR count). The van der Waals surface area contributed by atoms with Gasteiger partial charge in [0.1, 0.15) is 0 Å². The molecule has 0 unspecified atom stereocenters. The van der Waals surface area contributed by atoms with Crippen LogP contribution in [0.5, 0.6) is 0 Å². The van der Waals surface area contributed by atoms with Gasteiger partial charge in [-0.25, -0.2) is 0 Å². The average molecular weight is 283 g/mol. The third-order valence-corrected chi connectivity index (χ3v) is 4.50. The van der Waals surface area contributed by atoms with Crippen molar-refractivity contribution in [3.63, 3.8) is 0 Å². The van der Waals surface area contributed by atoms with E-state index in [9.17, 15) is 0 Å². The minimum absolute atomic E-state index is 0.779. The highest BCUT2D eigenvalue weighted by Gasteiger charge is 2.19. The van der Waals surface area contributed by atoms with E-state index in [0.717, 1.165) is 25.4 Å². The minimum Gasteiger partial charge on any atom is -0.299 e. The molecule has 2 aromatic rings. The van der Waals surface area contributed by atoms with Crippen LogP contribution in [-0.4, -0.2) is 27.8 Å². The molecule has 1 saturated heterocycles. The number of hydrogen-bond acceptors (Lipinski definition) is 2. The molecule has 0 saturated carbocycles. The predicted octanol–water partition coefficient (Wildman–Crippen LogP) is 3.36. The van der Waals surface area contributed by atoms with Gasteiger partial charge in [-0.15, -0.1) is 0 Å². The number of nitrogens with zero attached hydrogens (tertiary/aromatic N) is 3. The molecule has 21 heavy (non-hydrogen) atoms. The Kier molecular flexibility index (Phi) is 4.71. The number of hydrogen-bond donors (Lipinski definition) is 0. The molecule has 1 fully saturated rings. The Bertz CT molecular complexity index is 539. The summed E-state index contributed by atoms with van der Waals surface area (Å²) in [6, 6.07) is 10.8. The highest BCUT2D eigenvalue weighted by Crippen LogP contribution is 2.20. The molecule has 0 atom stereocenters. The third-order valence-electron chi connectivity index (χ3n) is 4.50. The van der Waals surface area contributed by atoms with Crippen LogP contribution in [0.1, 0.15) is 30.9 Å². The van der Waals surface area contributed by atoms with Gasteiger partial charge >= 0.3 is 0 Å². The van der Waals surface area contributed by atoms with Crippen molar-refractivity contribution in [3.05, 3.63) is 53.9 Å². The molecule has 3 heteroatoms. The molecule has 1 aliphatic rings. The van der Waals surface area contributed by atoms with E-state index in [-0.39, 0.29) is 0 Å². The standard InChI is InChI=1S/C18H25N3/c1-2-16-12-19-21(14-16)15-18-8-10-20(11-9-18)13-17-6-4-3-5-7-17/h3-7,12,14,18H,2,8-11,13,15H2,1H3. The average Bonchev–Trinajstić information content (AvgIpc) is 2.98. The fourth-order valence-corrected chi connectivity index (χ4v) is 3.12. The van der Waals surface area contributed by atoms with Crippen molar-refractivity contribution < 1.29 is 0 Å². The number of aryl methyl sites for hydroxylation is 1. The Morgan fingerprint density at radius 1 is 1.10 bits per heavy atom. The molecule has 0 radical (unpaired) electrons. The smallest absolute Gasteiger partial charge is 0.0521 e. The predicted molar refractivity (Wildman–Crippen MR) is 86.0 cm³/mol. The van der Waals surface area contributed by atoms with Gasteiger partial charge < -0.3 is 0 Å². The maximum absolute atomic E-state index is 4.47. The molecule has 0 spiro atoms. The first kappa shape index (κ1) is 14.3. The van der Waals surface area contributed by atoms with E-state index < -0.39 is 0 Å². The summed E-state index contributed by atoms with van der Waals surface area (Å²) in [5, 5.41) is 4.47. The fourth-order valence-electron chi connectivity index (χ4n) is 3.12. The van der Waals surface area contributed by atoms with Crippen molar-refractivity contribution >= 4 is 0 Å². The largest absolute Gasteiger partial charge is 0.299 e. The molecular weight excluding hydrogens is 258 g/mol. The first-order valence-corrected chi connectivity index (χ1v) is 8.11. The van der Waals surface area contributed by atoms with Gasteiger partial charge in [0, 0.05) is 19.3 Å². The second-order valence-corrected chi connectivity index (χ2v) is 6.13. The lowest BCUT2D eigenvalue weighted by Crippen LogP contribution is -2.34. The van der Waals surface area contributed by atoms with Crippen molar-refractivity contribution in [1.29, 1.82) is 0 Å². The normalized spacial score (nSPS) is 17.2. The maximum Gasteiger partial charge on any atom is 0.0521 e. The lowest BCUT2D eigenvalue weighted by atomic mass is 9.96. The molecular formula is C18H25N3. The first-order valence-electron chi connectivity index (χ1n) is 8.11. The van der Waals surface area contributed by atoms with Crippen molar-refractivity contribution in [1.82, 2.24) is 14.7 Å². The van der Waals surface area contributed by atoms with Gasteiger partial charge in [0.05, 0.1) is 6.20 Å². The summed E-state index contributed by atoms with van der Waals surface area (Å²) >= 11 is 0. The summed E-state index contributed by atoms with van der Waals surface area (Å²) in [4.78, 5) is 2.58. The van der Waals surface area contributed by atoms with E-state index in [2.05, 4.69) is 58.1 Å². The van der Waals surface area contributed by atoms with E-state index in [0.29, 0.717) is 0 Å². The summed E-state index contributed by atoms with van der Waals surface area (Å²) < 4.78 is 2.14. The Balaban J connectivity index is 1.46. The number of piperidine rings is 1. The summed E-state index contributed by atoms with van der Waals surface area (Å²) in [5.74, 6) is 0.779. The molecule has 0 N–H and O–H groups in total. The Labute approximate surface area is 127 Å². The number of benzene rings is 1. The first-order chi connectivity index (χ1) is 10.3. The quantitative estimate of drug-likeness (QED) is 0.839. The second-order valence-electron chi connectivity index (χ2n) is 6.13. The zero-order valence-corrected chi connectivity index (χ0v) is 12.9. The monoisotopic (exact) mass is 283 g/mol. The van der Waals surface area contributed by atoms with Crippen molar-refractivity contribution in [3.8, 4) is 0 Å². The molecule has 1 aromatic heterocycles. The van der Waals surface area contributed by atoms with Gasteiger partial charge in [-0.05, 0) is 49.4 Å². The van der Waals surface area contributed by atoms with Gasteiger partial charge in [0.25, 0.3) is 0 Å². The van der Waals surface area contributed by atoms with Gasteiger partial charge in [0.15, 0.2) is 0 Å². The maximum atomic E-state index is 4.47. The van der Waals surface area contributed by atoms with Crippen LogP contribution in [0.25, 0.3) is 0 Å². The number of aromatic nitrogens is 2. The highest BCUT2D eigenvalue weighted by molar-refractivity contribution is 5.14. The summed E-state index contributed by atoms with van der Waals surface area (Å²) in [5.41, 5.74) is 2.77. The lowest BCUT2D eigenvalue weighted by molar-refractivity contribution is 0.164. The van der Waals surface area contributed by atoms with E-state index >= 15 is 0 Å². The van der Waals surface area contributed by atoms with Crippen LogP contribution < -0.4 is 0 Å². The van der Waals surface area contributed by atoms with E-state index in [1.165, 1.54) is 37.1 Å². The second kappa shape index (κ2) is 6.90. The number of likely N-dealkylation sites (tertiary alicyclic amines) is 1. The zero-order chi connectivity index (χ0) is 14.5. The van der Waals surface area contributed by atoms with E-state index in [1.54, 1.807) is 0 Å². The van der Waals surface area contributed by atoms with Crippen LogP contribution >= 0.6 is 0 Å². The van der Waals surface area contributed by atoms with Crippen LogP contribution in [0.4, 0.5) is 0 Å². The van der Waals surface area contributed by atoms with Crippen LogP contribution in [-0.2, 0) is 19.5 Å². The Morgan fingerprint density at radius 3 is 2.52 bits per heavy atom. The fraction of sp³-hybridized carbons (Fsp3) is 0.500. The van der Waals surface area contributed by atoms with Crippen molar-refractivity contribution in [2.24, 2.45) is 5.92 Å². The minimum atomic E-state index is 0.779. The van der Waals surface area contributed by atoms with Gasteiger partial charge in [0.2, 0.25) is 0 Å². The zero-order valence-electron chi connectivity index (χ0n) is 12.9. The molecule has 1 aromatic carbocycles. The molecule has 3 nitrogen and oxygen atoms in total. The van der Waals surface area contributed by atoms with Gasteiger partial charge in [-0.3, -0.25) is 9.58 Å².